The first kappa shape index (κ1) is 14.1. The molecule has 0 aliphatic rings. The zero-order valence-corrected chi connectivity index (χ0v) is 11.8. The fourth-order valence-corrected chi connectivity index (χ4v) is 1.98. The van der Waals surface area contributed by atoms with Crippen molar-refractivity contribution in [3.05, 3.63) is 59.7 Å². The molecule has 0 heterocycles. The number of carbonyl (C=O) groups is 1. The van der Waals surface area contributed by atoms with Crippen LogP contribution in [-0.2, 0) is 6.54 Å². The Kier molecular flexibility index (Phi) is 4.38. The highest BCUT2D eigenvalue weighted by Gasteiger charge is 2.12. The van der Waals surface area contributed by atoms with Crippen LogP contribution in [0.25, 0.3) is 0 Å². The highest BCUT2D eigenvalue weighted by Crippen LogP contribution is 2.19. The van der Waals surface area contributed by atoms with Crippen molar-refractivity contribution in [1.82, 2.24) is 0 Å². The lowest BCUT2D eigenvalue weighted by atomic mass is 10.2. The molecule has 0 spiro atoms. The molecule has 4 heteroatoms. The van der Waals surface area contributed by atoms with Gasteiger partial charge in [0.25, 0.3) is 0 Å². The number of amides is 2. The lowest BCUT2D eigenvalue weighted by Crippen LogP contribution is -2.31. The molecule has 0 fully saturated rings. The molecule has 0 bridgehead atoms. The number of hydrogen-bond acceptors (Lipinski definition) is 2. The van der Waals surface area contributed by atoms with E-state index in [9.17, 15) is 4.79 Å². The van der Waals surface area contributed by atoms with Crippen molar-refractivity contribution in [2.24, 2.45) is 5.73 Å². The number of nitrogens with one attached hydrogen (secondary N) is 1. The van der Waals surface area contributed by atoms with Gasteiger partial charge in [0.2, 0.25) is 0 Å². The van der Waals surface area contributed by atoms with E-state index in [0.717, 1.165) is 22.5 Å². The van der Waals surface area contributed by atoms with Crippen molar-refractivity contribution in [3.63, 3.8) is 0 Å². The topological polar surface area (TPSA) is 58.4 Å². The summed E-state index contributed by atoms with van der Waals surface area (Å²) < 4.78 is 0. The predicted octanol–water partition coefficient (Wildman–Crippen LogP) is 3.12. The Morgan fingerprint density at radius 3 is 2.40 bits per heavy atom. The minimum Gasteiger partial charge on any atom is -0.326 e. The molecule has 3 N–H and O–H groups in total. The van der Waals surface area contributed by atoms with Crippen LogP contribution in [0.15, 0.2) is 48.5 Å². The van der Waals surface area contributed by atoms with Crippen molar-refractivity contribution in [2.45, 2.75) is 13.5 Å². The lowest BCUT2D eigenvalue weighted by molar-refractivity contribution is 0.258. The Bertz CT molecular complexity index is 593. The number of hydrogen-bond donors (Lipinski definition) is 2. The van der Waals surface area contributed by atoms with E-state index in [1.807, 2.05) is 55.5 Å². The van der Waals surface area contributed by atoms with Gasteiger partial charge in [-0.3, -0.25) is 4.90 Å². The summed E-state index contributed by atoms with van der Waals surface area (Å²) in [6, 6.07) is 15.1. The molecule has 0 unspecified atom stereocenters. The smallest absolute Gasteiger partial charge is 0.326 e. The van der Waals surface area contributed by atoms with Crippen LogP contribution in [0.5, 0.6) is 0 Å². The fourth-order valence-electron chi connectivity index (χ4n) is 1.98. The summed E-state index contributed by atoms with van der Waals surface area (Å²) in [5.41, 5.74) is 9.29. The fraction of sp³-hybridized carbons (Fsp3) is 0.188. The van der Waals surface area contributed by atoms with Crippen LogP contribution in [0.2, 0.25) is 0 Å². The Morgan fingerprint density at radius 2 is 1.80 bits per heavy atom. The van der Waals surface area contributed by atoms with Gasteiger partial charge in [0, 0.05) is 25.0 Å². The number of rotatable bonds is 3. The second-order valence-electron chi connectivity index (χ2n) is 4.68. The van der Waals surface area contributed by atoms with Crippen LogP contribution in [0.4, 0.5) is 16.2 Å². The van der Waals surface area contributed by atoms with Gasteiger partial charge in [-0.2, -0.15) is 0 Å². The van der Waals surface area contributed by atoms with Gasteiger partial charge in [0.1, 0.15) is 0 Å². The quantitative estimate of drug-likeness (QED) is 0.899. The standard InChI is InChI=1S/C16H19N3O/c1-12-5-3-4-6-15(12)19(2)16(20)18-14-9-7-13(11-17)8-10-14/h3-10H,11,17H2,1-2H3,(H,18,20). The first-order valence-corrected chi connectivity index (χ1v) is 6.51. The monoisotopic (exact) mass is 269 g/mol. The second kappa shape index (κ2) is 6.21. The highest BCUT2D eigenvalue weighted by molar-refractivity contribution is 6.01. The highest BCUT2D eigenvalue weighted by atomic mass is 16.2. The molecule has 0 aliphatic heterocycles. The molecule has 2 rings (SSSR count). The van der Waals surface area contributed by atoms with Crippen LogP contribution in [0.3, 0.4) is 0 Å². The van der Waals surface area contributed by atoms with E-state index in [1.165, 1.54) is 0 Å². The zero-order chi connectivity index (χ0) is 14.5. The minimum absolute atomic E-state index is 0.167. The Balaban J connectivity index is 2.09. The van der Waals surface area contributed by atoms with E-state index in [0.29, 0.717) is 6.54 Å². The SMILES string of the molecule is Cc1ccccc1N(C)C(=O)Nc1ccc(CN)cc1. The van der Waals surface area contributed by atoms with E-state index in [2.05, 4.69) is 5.32 Å². The average Bonchev–Trinajstić information content (AvgIpc) is 2.48. The van der Waals surface area contributed by atoms with E-state index in [-0.39, 0.29) is 6.03 Å². The molecular formula is C16H19N3O. The summed E-state index contributed by atoms with van der Waals surface area (Å²) in [4.78, 5) is 13.8. The molecule has 2 aromatic rings. The molecular weight excluding hydrogens is 250 g/mol. The first-order valence-electron chi connectivity index (χ1n) is 6.51. The Hall–Kier alpha value is -2.33. The average molecular weight is 269 g/mol. The van der Waals surface area contributed by atoms with Crippen molar-refractivity contribution in [2.75, 3.05) is 17.3 Å². The van der Waals surface area contributed by atoms with Gasteiger partial charge in [-0.05, 0) is 36.2 Å². The van der Waals surface area contributed by atoms with Gasteiger partial charge < -0.3 is 11.1 Å². The van der Waals surface area contributed by atoms with E-state index >= 15 is 0 Å². The first-order chi connectivity index (χ1) is 9.61. The minimum atomic E-state index is -0.167. The lowest BCUT2D eigenvalue weighted by Gasteiger charge is -2.20. The molecule has 0 aliphatic carbocycles. The maximum Gasteiger partial charge on any atom is 0.326 e. The van der Waals surface area contributed by atoms with Crippen LogP contribution in [0.1, 0.15) is 11.1 Å². The number of aryl methyl sites for hydroxylation is 1. The molecule has 0 atom stereocenters. The normalized spacial score (nSPS) is 10.2. The molecule has 2 amide bonds. The third-order valence-corrected chi connectivity index (χ3v) is 3.22. The predicted molar refractivity (Wildman–Crippen MR) is 82.9 cm³/mol. The number of nitrogens with zero attached hydrogens (tertiary/aromatic N) is 1. The molecule has 4 nitrogen and oxygen atoms in total. The van der Waals surface area contributed by atoms with Gasteiger partial charge in [-0.1, -0.05) is 30.3 Å². The van der Waals surface area contributed by atoms with Crippen molar-refractivity contribution in [3.8, 4) is 0 Å². The van der Waals surface area contributed by atoms with Gasteiger partial charge in [-0.15, -0.1) is 0 Å². The zero-order valence-electron chi connectivity index (χ0n) is 11.8. The van der Waals surface area contributed by atoms with Crippen molar-refractivity contribution in [1.29, 1.82) is 0 Å². The van der Waals surface area contributed by atoms with E-state index in [1.54, 1.807) is 11.9 Å². The number of nitrogens with two attached hydrogens (primary N) is 1. The van der Waals surface area contributed by atoms with Crippen LogP contribution in [0, 0.1) is 6.92 Å². The number of urea groups is 1. The molecule has 2 aromatic carbocycles. The molecule has 0 radical (unpaired) electrons. The third kappa shape index (κ3) is 3.16. The molecule has 0 aromatic heterocycles. The largest absolute Gasteiger partial charge is 0.326 e. The van der Waals surface area contributed by atoms with Gasteiger partial charge in [-0.25, -0.2) is 4.79 Å². The third-order valence-electron chi connectivity index (χ3n) is 3.22. The Labute approximate surface area is 119 Å². The molecule has 0 saturated carbocycles. The molecule has 20 heavy (non-hydrogen) atoms. The summed E-state index contributed by atoms with van der Waals surface area (Å²) in [5, 5.41) is 2.86. The van der Waals surface area contributed by atoms with Crippen molar-refractivity contribution < 1.29 is 4.79 Å². The van der Waals surface area contributed by atoms with Crippen LogP contribution >= 0.6 is 0 Å². The van der Waals surface area contributed by atoms with E-state index < -0.39 is 0 Å². The second-order valence-corrected chi connectivity index (χ2v) is 4.68. The number of benzene rings is 2. The number of para-hydroxylation sites is 1. The number of carbonyl (C=O) groups excluding carboxylic acids is 1. The number of anilines is 2. The summed E-state index contributed by atoms with van der Waals surface area (Å²) in [5.74, 6) is 0. The maximum atomic E-state index is 12.2. The summed E-state index contributed by atoms with van der Waals surface area (Å²) in [7, 11) is 1.76. The van der Waals surface area contributed by atoms with Gasteiger partial charge >= 0.3 is 6.03 Å². The van der Waals surface area contributed by atoms with E-state index in [4.69, 9.17) is 5.73 Å². The summed E-state index contributed by atoms with van der Waals surface area (Å²) >= 11 is 0. The Morgan fingerprint density at radius 1 is 1.15 bits per heavy atom. The maximum absolute atomic E-state index is 12.2. The van der Waals surface area contributed by atoms with Gasteiger partial charge in [0.05, 0.1) is 0 Å². The molecule has 104 valence electrons. The van der Waals surface area contributed by atoms with Crippen LogP contribution < -0.4 is 16.0 Å². The van der Waals surface area contributed by atoms with Crippen LogP contribution in [-0.4, -0.2) is 13.1 Å². The van der Waals surface area contributed by atoms with Crippen molar-refractivity contribution >= 4 is 17.4 Å². The molecule has 0 saturated heterocycles. The summed E-state index contributed by atoms with van der Waals surface area (Å²) in [6.45, 7) is 2.48. The van der Waals surface area contributed by atoms with Gasteiger partial charge in [0.15, 0.2) is 0 Å². The summed E-state index contributed by atoms with van der Waals surface area (Å²) in [6.07, 6.45) is 0.